The number of hydrogen-bond donors (Lipinski definition) is 3. The van der Waals surface area contributed by atoms with Crippen molar-refractivity contribution in [3.63, 3.8) is 0 Å². The summed E-state index contributed by atoms with van der Waals surface area (Å²) in [5.74, 6) is 0.0817. The van der Waals surface area contributed by atoms with E-state index >= 15 is 0 Å². The Labute approximate surface area is 253 Å². The first-order chi connectivity index (χ1) is 19.7. The summed E-state index contributed by atoms with van der Waals surface area (Å²) in [6, 6.07) is 12.7. The van der Waals surface area contributed by atoms with Gasteiger partial charge in [0.25, 0.3) is 0 Å². The summed E-state index contributed by atoms with van der Waals surface area (Å²) >= 11 is 18.7. The zero-order chi connectivity index (χ0) is 30.6. The minimum absolute atomic E-state index is 0.0404. The topological polar surface area (TPSA) is 99.5 Å². The van der Waals surface area contributed by atoms with Crippen molar-refractivity contribution in [3.05, 3.63) is 98.6 Å². The summed E-state index contributed by atoms with van der Waals surface area (Å²) < 4.78 is 67.0. The lowest BCUT2D eigenvalue weighted by molar-refractivity contribution is -0.141. The minimum Gasteiger partial charge on any atom is -0.392 e. The Hall–Kier alpha value is -3.26. The van der Waals surface area contributed by atoms with Crippen LogP contribution in [-0.2, 0) is 22.6 Å². The van der Waals surface area contributed by atoms with Crippen molar-refractivity contribution in [2.75, 3.05) is 11.3 Å². The molecule has 0 spiro atoms. The lowest BCUT2D eigenvalue weighted by Gasteiger charge is -2.26. The molecule has 1 aliphatic heterocycles. The van der Waals surface area contributed by atoms with Crippen LogP contribution in [0.4, 0.5) is 18.9 Å². The standard InChI is InChI=1S/C27H21Cl3F3N5O3S/c1-14-35-26(27(31,32)33)12-37(14)22-6-4-15(17-8-20(29)18(13-39)25(10-17)42(2,40)41)9-23(22)38-24(11-34-36-38)16-3-5-19(28)21(30)7-16/h3-12,34,36,39H,13H2,1-2H3. The van der Waals surface area contributed by atoms with Crippen molar-refractivity contribution in [2.45, 2.75) is 24.6 Å². The van der Waals surface area contributed by atoms with E-state index in [4.69, 9.17) is 34.8 Å². The number of benzene rings is 3. The highest BCUT2D eigenvalue weighted by Crippen LogP contribution is 2.39. The average Bonchev–Trinajstić information content (AvgIpc) is 3.56. The summed E-state index contributed by atoms with van der Waals surface area (Å²) in [5, 5.41) is 12.0. The molecule has 3 N–H and O–H groups in total. The molecule has 0 radical (unpaired) electrons. The van der Waals surface area contributed by atoms with Gasteiger partial charge in [-0.15, -0.1) is 5.53 Å². The summed E-state index contributed by atoms with van der Waals surface area (Å²) in [7, 11) is -3.77. The molecule has 1 aromatic heterocycles. The van der Waals surface area contributed by atoms with Crippen molar-refractivity contribution in [3.8, 4) is 16.8 Å². The molecule has 8 nitrogen and oxygen atoms in total. The Morgan fingerprint density at radius 3 is 2.24 bits per heavy atom. The molecule has 5 rings (SSSR count). The highest BCUT2D eigenvalue weighted by atomic mass is 35.5. The molecular weight excluding hydrogens is 638 g/mol. The van der Waals surface area contributed by atoms with E-state index < -0.39 is 28.3 Å². The largest absolute Gasteiger partial charge is 0.434 e. The number of nitrogens with one attached hydrogen (secondary N) is 2. The van der Waals surface area contributed by atoms with Crippen molar-refractivity contribution in [2.24, 2.45) is 0 Å². The number of aromatic nitrogens is 2. The second kappa shape index (κ2) is 11.1. The molecule has 4 aromatic rings. The van der Waals surface area contributed by atoms with Gasteiger partial charge in [0.15, 0.2) is 15.5 Å². The lowest BCUT2D eigenvalue weighted by atomic mass is 10.0. The van der Waals surface area contributed by atoms with Gasteiger partial charge >= 0.3 is 6.18 Å². The maximum atomic E-state index is 13.6. The Morgan fingerprint density at radius 2 is 1.62 bits per heavy atom. The van der Waals surface area contributed by atoms with Crippen LogP contribution in [0.5, 0.6) is 0 Å². The van der Waals surface area contributed by atoms with Crippen LogP contribution in [0.1, 0.15) is 22.6 Å². The second-order valence-electron chi connectivity index (χ2n) is 9.36. The molecule has 0 atom stereocenters. The zero-order valence-corrected chi connectivity index (χ0v) is 24.8. The van der Waals surface area contributed by atoms with E-state index in [0.29, 0.717) is 43.8 Å². The predicted molar refractivity (Wildman–Crippen MR) is 156 cm³/mol. The summed E-state index contributed by atoms with van der Waals surface area (Å²) in [6.45, 7) is 0.860. The number of aryl methyl sites for hydroxylation is 1. The van der Waals surface area contributed by atoms with Crippen molar-refractivity contribution in [1.82, 2.24) is 20.5 Å². The number of anilines is 1. The second-order valence-corrected chi connectivity index (χ2v) is 12.6. The molecule has 42 heavy (non-hydrogen) atoms. The number of rotatable bonds is 6. The van der Waals surface area contributed by atoms with Crippen LogP contribution < -0.4 is 16.0 Å². The van der Waals surface area contributed by atoms with Crippen LogP contribution in [0.2, 0.25) is 15.1 Å². The Kier molecular flexibility index (Phi) is 7.98. The quantitative estimate of drug-likeness (QED) is 0.216. The van der Waals surface area contributed by atoms with Crippen LogP contribution in [0.25, 0.3) is 22.5 Å². The zero-order valence-electron chi connectivity index (χ0n) is 21.8. The molecule has 0 fully saturated rings. The van der Waals surface area contributed by atoms with Gasteiger partial charge in [-0.05, 0) is 54.4 Å². The third kappa shape index (κ3) is 5.70. The number of aliphatic hydroxyl groups is 1. The lowest BCUT2D eigenvalue weighted by Crippen LogP contribution is -2.37. The fourth-order valence-corrected chi connectivity index (χ4v) is 6.15. The average molecular weight is 659 g/mol. The first-order valence-corrected chi connectivity index (χ1v) is 15.1. The van der Waals surface area contributed by atoms with E-state index in [2.05, 4.69) is 15.9 Å². The third-order valence-corrected chi connectivity index (χ3v) is 8.77. The SMILES string of the molecule is Cc1nc(C(F)(F)F)cn1-c1ccc(-c2cc(Cl)c(CO)c(S(C)(=O)=O)c2)cc1N1NNC=C1c1ccc(Cl)c(Cl)c1. The molecular formula is C27H21Cl3F3N5O3S. The van der Waals surface area contributed by atoms with Crippen LogP contribution in [0.15, 0.2) is 65.8 Å². The highest BCUT2D eigenvalue weighted by molar-refractivity contribution is 7.90. The molecule has 0 bridgehead atoms. The van der Waals surface area contributed by atoms with Gasteiger partial charge in [-0.1, -0.05) is 46.9 Å². The van der Waals surface area contributed by atoms with Gasteiger partial charge < -0.3 is 15.1 Å². The summed E-state index contributed by atoms with van der Waals surface area (Å²) in [5.41, 5.74) is 7.61. The highest BCUT2D eigenvalue weighted by Gasteiger charge is 2.35. The van der Waals surface area contributed by atoms with Crippen LogP contribution >= 0.6 is 34.8 Å². The number of hydrogen-bond acceptors (Lipinski definition) is 7. The number of aliphatic hydroxyl groups excluding tert-OH is 1. The Balaban J connectivity index is 1.73. The van der Waals surface area contributed by atoms with E-state index in [0.717, 1.165) is 12.5 Å². The van der Waals surface area contributed by atoms with Gasteiger partial charge in [-0.2, -0.15) is 13.2 Å². The molecule has 3 aromatic carbocycles. The number of nitrogens with zero attached hydrogens (tertiary/aromatic N) is 3. The van der Waals surface area contributed by atoms with E-state index in [-0.39, 0.29) is 21.3 Å². The van der Waals surface area contributed by atoms with Gasteiger partial charge in [0.1, 0.15) is 5.82 Å². The van der Waals surface area contributed by atoms with Crippen molar-refractivity contribution >= 4 is 56.0 Å². The maximum Gasteiger partial charge on any atom is 0.434 e. The van der Waals surface area contributed by atoms with Gasteiger partial charge in [0, 0.05) is 34.8 Å². The van der Waals surface area contributed by atoms with Crippen LogP contribution in [0, 0.1) is 6.92 Å². The normalized spacial score (nSPS) is 13.8. The minimum atomic E-state index is -4.66. The fraction of sp³-hybridized carbons (Fsp3) is 0.148. The maximum absolute atomic E-state index is 13.6. The molecule has 15 heteroatoms. The summed E-state index contributed by atoms with van der Waals surface area (Å²) in [6.07, 6.45) is -1.13. The molecule has 0 saturated heterocycles. The molecule has 0 unspecified atom stereocenters. The van der Waals surface area contributed by atoms with Gasteiger partial charge in [0.05, 0.1) is 38.6 Å². The van der Waals surface area contributed by atoms with Crippen molar-refractivity contribution < 1.29 is 26.7 Å². The van der Waals surface area contributed by atoms with E-state index in [1.54, 1.807) is 47.6 Å². The molecule has 0 amide bonds. The molecule has 0 aliphatic carbocycles. The molecule has 2 heterocycles. The van der Waals surface area contributed by atoms with E-state index in [1.165, 1.54) is 23.6 Å². The van der Waals surface area contributed by atoms with Gasteiger partial charge in [-0.3, -0.25) is 5.01 Å². The first kappa shape index (κ1) is 30.2. The third-order valence-electron chi connectivity index (χ3n) is 6.54. The molecule has 0 saturated carbocycles. The smallest absolute Gasteiger partial charge is 0.392 e. The van der Waals surface area contributed by atoms with E-state index in [1.807, 2.05) is 0 Å². The molecule has 1 aliphatic rings. The fourth-order valence-electron chi connectivity index (χ4n) is 4.55. The Bertz CT molecular complexity index is 1860. The number of imidazole rings is 1. The first-order valence-electron chi connectivity index (χ1n) is 12.1. The number of sulfone groups is 1. The van der Waals surface area contributed by atoms with Crippen molar-refractivity contribution in [1.29, 1.82) is 0 Å². The van der Waals surface area contributed by atoms with E-state index in [9.17, 15) is 26.7 Å². The number of halogens is 6. The predicted octanol–water partition coefficient (Wildman–Crippen LogP) is 6.55. The molecule has 220 valence electrons. The number of hydrazine groups is 2. The van der Waals surface area contributed by atoms with Crippen LogP contribution in [-0.4, -0.2) is 29.3 Å². The number of alkyl halides is 3. The Morgan fingerprint density at radius 1 is 0.929 bits per heavy atom. The van der Waals surface area contributed by atoms with Crippen LogP contribution in [0.3, 0.4) is 0 Å². The summed E-state index contributed by atoms with van der Waals surface area (Å²) in [4.78, 5) is 3.56. The monoisotopic (exact) mass is 657 g/mol. The van der Waals surface area contributed by atoms with Gasteiger partial charge in [0.2, 0.25) is 0 Å². The van der Waals surface area contributed by atoms with Gasteiger partial charge in [-0.25, -0.2) is 13.4 Å².